The zero-order valence-electron chi connectivity index (χ0n) is 9.43. The van der Waals surface area contributed by atoms with Gasteiger partial charge in [0, 0.05) is 13.1 Å². The van der Waals surface area contributed by atoms with Gasteiger partial charge >= 0.3 is 0 Å². The zero-order chi connectivity index (χ0) is 9.60. The van der Waals surface area contributed by atoms with Crippen molar-refractivity contribution in [1.29, 1.82) is 0 Å². The Morgan fingerprint density at radius 1 is 1.25 bits per heavy atom. The molecule has 2 saturated heterocycles. The Bertz CT molecular complexity index is 350. The molecule has 4 nitrogen and oxygen atoms in total. The third-order valence-electron chi connectivity index (χ3n) is 3.62. The summed E-state index contributed by atoms with van der Waals surface area (Å²) in [7, 11) is 0. The van der Waals surface area contributed by atoms with Crippen LogP contribution in [-0.2, 0) is 5.54 Å². The number of halogens is 2. The molecule has 0 saturated carbocycles. The highest BCUT2D eigenvalue weighted by Gasteiger charge is 2.43. The third kappa shape index (κ3) is 2.06. The predicted molar refractivity (Wildman–Crippen MR) is 67.5 cm³/mol. The average Bonchev–Trinajstić information content (AvgIpc) is 2.73. The monoisotopic (exact) mass is 264 g/mol. The van der Waals surface area contributed by atoms with Crippen LogP contribution >= 0.6 is 24.8 Å². The number of aromatic nitrogens is 3. The zero-order valence-corrected chi connectivity index (χ0v) is 11.1. The lowest BCUT2D eigenvalue weighted by Gasteiger charge is -2.33. The van der Waals surface area contributed by atoms with Crippen LogP contribution in [0, 0.1) is 6.92 Å². The van der Waals surface area contributed by atoms with E-state index in [1.807, 2.05) is 13.3 Å². The summed E-state index contributed by atoms with van der Waals surface area (Å²) in [6.07, 6.45) is 5.73. The van der Waals surface area contributed by atoms with Gasteiger partial charge in [0.25, 0.3) is 0 Å². The molecule has 2 aliphatic heterocycles. The van der Waals surface area contributed by atoms with Crippen molar-refractivity contribution in [2.75, 3.05) is 19.6 Å². The van der Waals surface area contributed by atoms with Crippen molar-refractivity contribution in [3.8, 4) is 0 Å². The maximum atomic E-state index is 4.48. The Morgan fingerprint density at radius 2 is 2.06 bits per heavy atom. The summed E-state index contributed by atoms with van der Waals surface area (Å²) in [6, 6.07) is 0. The molecule has 0 aromatic carbocycles. The number of piperidine rings is 1. The molecule has 0 radical (unpaired) electrons. The molecule has 1 aromatic rings. The van der Waals surface area contributed by atoms with Crippen molar-refractivity contribution in [2.45, 2.75) is 31.7 Å². The smallest absolute Gasteiger partial charge is 0.147 e. The molecule has 6 heteroatoms. The summed E-state index contributed by atoms with van der Waals surface area (Å²) in [5.41, 5.74) is 0.277. The predicted octanol–water partition coefficient (Wildman–Crippen LogP) is 1.62. The fraction of sp³-hybridized carbons (Fsp3) is 0.800. The van der Waals surface area contributed by atoms with Crippen LogP contribution in [0.3, 0.4) is 0 Å². The van der Waals surface area contributed by atoms with Crippen LogP contribution in [0.5, 0.6) is 0 Å². The summed E-state index contributed by atoms with van der Waals surface area (Å²) in [6.45, 7) is 5.65. The van der Waals surface area contributed by atoms with Gasteiger partial charge in [0.2, 0.25) is 0 Å². The van der Waals surface area contributed by atoms with Crippen molar-refractivity contribution in [1.82, 2.24) is 19.7 Å². The number of aryl methyl sites for hydroxylation is 1. The molecule has 1 aromatic heterocycles. The number of nitrogens with zero attached hydrogens (tertiary/aromatic N) is 4. The molecule has 16 heavy (non-hydrogen) atoms. The van der Waals surface area contributed by atoms with Crippen molar-refractivity contribution in [3.05, 3.63) is 12.2 Å². The Labute approximate surface area is 108 Å². The molecular weight excluding hydrogens is 247 g/mol. The minimum Gasteiger partial charge on any atom is -0.301 e. The molecule has 0 spiro atoms. The maximum absolute atomic E-state index is 4.48. The van der Waals surface area contributed by atoms with Crippen LogP contribution in [0.1, 0.15) is 25.1 Å². The molecule has 3 heterocycles. The summed E-state index contributed by atoms with van der Waals surface area (Å²) < 4.78 is 2.11. The number of fused-ring (bicyclic) bond motifs is 2. The largest absolute Gasteiger partial charge is 0.301 e. The van der Waals surface area contributed by atoms with Crippen LogP contribution in [0.4, 0.5) is 0 Å². The standard InChI is InChI=1S/C10H16N4.2ClH/c1-9-11-8-14(12-9)10-3-2-5-13(7-10)6-4-10;;/h8H,2-7H2,1H3;2*1H. The molecular formula is C10H18Cl2N4. The van der Waals surface area contributed by atoms with E-state index in [0.29, 0.717) is 0 Å². The van der Waals surface area contributed by atoms with Crippen molar-refractivity contribution in [3.63, 3.8) is 0 Å². The molecule has 0 N–H and O–H groups in total. The Morgan fingerprint density at radius 3 is 2.75 bits per heavy atom. The van der Waals surface area contributed by atoms with E-state index in [0.717, 1.165) is 5.82 Å². The highest BCUT2D eigenvalue weighted by atomic mass is 35.5. The van der Waals surface area contributed by atoms with Gasteiger partial charge in [0.05, 0.1) is 5.54 Å². The minimum atomic E-state index is 0. The highest BCUT2D eigenvalue weighted by Crippen LogP contribution is 2.36. The van der Waals surface area contributed by atoms with Gasteiger partial charge in [-0.2, -0.15) is 5.10 Å². The summed E-state index contributed by atoms with van der Waals surface area (Å²) >= 11 is 0. The van der Waals surface area contributed by atoms with Gasteiger partial charge in [-0.3, -0.25) is 0 Å². The fourth-order valence-electron chi connectivity index (χ4n) is 2.84. The van der Waals surface area contributed by atoms with Gasteiger partial charge in [0.15, 0.2) is 0 Å². The quantitative estimate of drug-likeness (QED) is 0.773. The van der Waals surface area contributed by atoms with Gasteiger partial charge in [-0.25, -0.2) is 9.67 Å². The van der Waals surface area contributed by atoms with Crippen molar-refractivity contribution < 1.29 is 0 Å². The summed E-state index contributed by atoms with van der Waals surface area (Å²) in [5.74, 6) is 0.892. The van der Waals surface area contributed by atoms with E-state index < -0.39 is 0 Å². The lowest BCUT2D eigenvalue weighted by Crippen LogP contribution is -2.41. The van der Waals surface area contributed by atoms with Gasteiger partial charge in [-0.1, -0.05) is 0 Å². The van der Waals surface area contributed by atoms with Crippen molar-refractivity contribution >= 4 is 24.8 Å². The fourth-order valence-corrected chi connectivity index (χ4v) is 2.84. The van der Waals surface area contributed by atoms with Crippen LogP contribution in [0.15, 0.2) is 6.33 Å². The molecule has 0 amide bonds. The first-order valence-electron chi connectivity index (χ1n) is 5.40. The summed E-state index contributed by atoms with van der Waals surface area (Å²) in [5, 5.41) is 4.48. The molecule has 2 atom stereocenters. The summed E-state index contributed by atoms with van der Waals surface area (Å²) in [4.78, 5) is 6.78. The Kier molecular flexibility index (Phi) is 4.21. The van der Waals surface area contributed by atoms with Crippen LogP contribution in [-0.4, -0.2) is 39.3 Å². The van der Waals surface area contributed by atoms with Gasteiger partial charge < -0.3 is 4.90 Å². The van der Waals surface area contributed by atoms with Crippen LogP contribution in [0.25, 0.3) is 0 Å². The molecule has 2 aliphatic rings. The van der Waals surface area contributed by atoms with Crippen LogP contribution in [0.2, 0.25) is 0 Å². The first kappa shape index (κ1) is 13.7. The number of hydrogen-bond acceptors (Lipinski definition) is 3. The molecule has 92 valence electrons. The second-order valence-electron chi connectivity index (χ2n) is 4.59. The maximum Gasteiger partial charge on any atom is 0.147 e. The van der Waals surface area contributed by atoms with E-state index in [9.17, 15) is 0 Å². The molecule has 0 aliphatic carbocycles. The van der Waals surface area contributed by atoms with E-state index >= 15 is 0 Å². The van der Waals surface area contributed by atoms with E-state index in [1.165, 1.54) is 38.9 Å². The second kappa shape index (κ2) is 4.90. The second-order valence-corrected chi connectivity index (χ2v) is 4.59. The first-order valence-corrected chi connectivity index (χ1v) is 5.40. The van der Waals surface area contributed by atoms with Gasteiger partial charge in [-0.05, 0) is 32.7 Å². The highest BCUT2D eigenvalue weighted by molar-refractivity contribution is 5.85. The number of rotatable bonds is 1. The average molecular weight is 265 g/mol. The SMILES string of the molecule is Cc1ncn(C23CCCN(CC2)C3)n1.Cl.Cl. The van der Waals surface area contributed by atoms with Crippen LogP contribution < -0.4 is 0 Å². The van der Waals surface area contributed by atoms with E-state index in [4.69, 9.17) is 0 Å². The number of hydrogen-bond donors (Lipinski definition) is 0. The third-order valence-corrected chi connectivity index (χ3v) is 3.62. The van der Waals surface area contributed by atoms with E-state index in [1.54, 1.807) is 0 Å². The Balaban J connectivity index is 0.000000640. The van der Waals surface area contributed by atoms with Gasteiger partial charge in [0.1, 0.15) is 12.2 Å². The van der Waals surface area contributed by atoms with Gasteiger partial charge in [-0.15, -0.1) is 24.8 Å². The molecule has 2 fully saturated rings. The molecule has 2 unspecified atom stereocenters. The molecule has 3 rings (SSSR count). The lowest BCUT2D eigenvalue weighted by molar-refractivity contribution is 0.170. The topological polar surface area (TPSA) is 34.0 Å². The van der Waals surface area contributed by atoms with E-state index in [-0.39, 0.29) is 30.4 Å². The van der Waals surface area contributed by atoms with Crippen molar-refractivity contribution in [2.24, 2.45) is 0 Å². The Hall–Kier alpha value is -0.320. The molecule has 2 bridgehead atoms. The minimum absolute atomic E-state index is 0. The first-order chi connectivity index (χ1) is 6.78. The van der Waals surface area contributed by atoms with E-state index in [2.05, 4.69) is 19.7 Å². The normalized spacial score (nSPS) is 31.7. The lowest BCUT2D eigenvalue weighted by atomic mass is 9.91.